The Morgan fingerprint density at radius 1 is 1.31 bits per heavy atom. The highest BCUT2D eigenvalue weighted by Gasteiger charge is 1.99. The number of hydrogen-bond acceptors (Lipinski definition) is 3. The van der Waals surface area contributed by atoms with E-state index in [1.54, 1.807) is 7.05 Å². The maximum Gasteiger partial charge on any atom is 0.229 e. The topological polar surface area (TPSA) is 49.8 Å². The number of thiocarbonyl (C=S) groups is 1. The van der Waals surface area contributed by atoms with Crippen molar-refractivity contribution in [3.05, 3.63) is 17.5 Å². The fourth-order valence-electron chi connectivity index (χ4n) is 0.946. The lowest BCUT2D eigenvalue weighted by atomic mass is 10.4. The molecule has 0 aliphatic heterocycles. The van der Waals surface area contributed by atoms with Gasteiger partial charge in [0, 0.05) is 18.4 Å². The molecule has 1 aromatic heterocycles. The van der Waals surface area contributed by atoms with Crippen molar-refractivity contribution in [2.45, 2.75) is 13.8 Å². The van der Waals surface area contributed by atoms with Crippen LogP contribution in [0.5, 0.6) is 0 Å². The highest BCUT2D eigenvalue weighted by Crippen LogP contribution is 2.02. The van der Waals surface area contributed by atoms with Gasteiger partial charge in [-0.25, -0.2) is 9.97 Å². The average Bonchev–Trinajstić information content (AvgIpc) is 2.02. The Hall–Kier alpha value is -1.23. The van der Waals surface area contributed by atoms with Crippen molar-refractivity contribution in [2.24, 2.45) is 0 Å². The third kappa shape index (κ3) is 2.95. The minimum atomic E-state index is 0.519. The summed E-state index contributed by atoms with van der Waals surface area (Å²) in [5, 5.41) is 6.18. The molecule has 1 aromatic rings. The molecule has 0 saturated carbocycles. The molecule has 0 radical (unpaired) electrons. The Kier molecular flexibility index (Phi) is 3.13. The molecule has 0 amide bonds. The van der Waals surface area contributed by atoms with Gasteiger partial charge in [-0.1, -0.05) is 0 Å². The van der Waals surface area contributed by atoms with Gasteiger partial charge in [-0.15, -0.1) is 0 Å². The molecule has 0 atom stereocenters. The summed E-state index contributed by atoms with van der Waals surface area (Å²) >= 11 is 4.92. The van der Waals surface area contributed by atoms with Crippen LogP contribution in [-0.4, -0.2) is 22.1 Å². The minimum Gasteiger partial charge on any atom is -0.365 e. The van der Waals surface area contributed by atoms with Crippen molar-refractivity contribution in [3.63, 3.8) is 0 Å². The van der Waals surface area contributed by atoms with Gasteiger partial charge in [0.25, 0.3) is 0 Å². The van der Waals surface area contributed by atoms with Crippen LogP contribution in [0, 0.1) is 13.8 Å². The second kappa shape index (κ2) is 4.13. The Labute approximate surface area is 82.8 Å². The fourth-order valence-corrected chi connectivity index (χ4v) is 1.04. The predicted molar refractivity (Wildman–Crippen MR) is 56.8 cm³/mol. The molecule has 13 heavy (non-hydrogen) atoms. The zero-order valence-corrected chi connectivity index (χ0v) is 8.70. The first-order valence-electron chi connectivity index (χ1n) is 3.93. The lowest BCUT2D eigenvalue weighted by molar-refractivity contribution is 1.06. The van der Waals surface area contributed by atoms with Crippen LogP contribution in [0.2, 0.25) is 0 Å². The highest BCUT2D eigenvalue weighted by molar-refractivity contribution is 7.80. The van der Waals surface area contributed by atoms with E-state index in [1.165, 1.54) is 0 Å². The molecule has 1 rings (SSSR count). The maximum atomic E-state index is 4.92. The second-order valence-electron chi connectivity index (χ2n) is 2.68. The van der Waals surface area contributed by atoms with Crippen LogP contribution in [-0.2, 0) is 0 Å². The second-order valence-corrected chi connectivity index (χ2v) is 3.09. The Bertz CT molecular complexity index is 304. The molecule has 0 fully saturated rings. The van der Waals surface area contributed by atoms with Crippen LogP contribution in [0.15, 0.2) is 6.07 Å². The van der Waals surface area contributed by atoms with Crippen LogP contribution < -0.4 is 10.6 Å². The summed E-state index contributed by atoms with van der Waals surface area (Å²) in [7, 11) is 1.75. The molecule has 70 valence electrons. The third-order valence-electron chi connectivity index (χ3n) is 1.43. The summed E-state index contributed by atoms with van der Waals surface area (Å²) in [6, 6.07) is 1.91. The van der Waals surface area contributed by atoms with E-state index in [9.17, 15) is 0 Å². The number of anilines is 1. The first-order valence-corrected chi connectivity index (χ1v) is 4.33. The van der Waals surface area contributed by atoms with E-state index in [-0.39, 0.29) is 0 Å². The van der Waals surface area contributed by atoms with Crippen LogP contribution >= 0.6 is 12.2 Å². The summed E-state index contributed by atoms with van der Waals surface area (Å²) in [5.41, 5.74) is 1.85. The number of aromatic nitrogens is 2. The molecule has 0 aliphatic rings. The maximum absolute atomic E-state index is 4.92. The Balaban J connectivity index is 2.83. The summed E-state index contributed by atoms with van der Waals surface area (Å²) in [5.74, 6) is 0.539. The fraction of sp³-hybridized carbons (Fsp3) is 0.375. The van der Waals surface area contributed by atoms with Gasteiger partial charge in [0.1, 0.15) is 0 Å². The first-order chi connectivity index (χ1) is 6.11. The van der Waals surface area contributed by atoms with Crippen molar-refractivity contribution in [2.75, 3.05) is 12.4 Å². The Morgan fingerprint density at radius 3 is 2.31 bits per heavy atom. The number of nitrogens with zero attached hydrogens (tertiary/aromatic N) is 2. The molecule has 0 saturated heterocycles. The SMILES string of the molecule is CNC(=S)Nc1nc(C)cc(C)n1. The zero-order chi connectivity index (χ0) is 9.84. The Morgan fingerprint density at radius 2 is 1.85 bits per heavy atom. The molecule has 4 nitrogen and oxygen atoms in total. The van der Waals surface area contributed by atoms with E-state index in [1.807, 2.05) is 19.9 Å². The van der Waals surface area contributed by atoms with E-state index in [2.05, 4.69) is 20.6 Å². The minimum absolute atomic E-state index is 0.519. The average molecular weight is 196 g/mol. The van der Waals surface area contributed by atoms with Gasteiger partial charge in [-0.3, -0.25) is 0 Å². The largest absolute Gasteiger partial charge is 0.365 e. The van der Waals surface area contributed by atoms with Crippen molar-refractivity contribution in [1.29, 1.82) is 0 Å². The van der Waals surface area contributed by atoms with E-state index in [4.69, 9.17) is 12.2 Å². The summed E-state index contributed by atoms with van der Waals surface area (Å²) in [6.45, 7) is 3.84. The van der Waals surface area contributed by atoms with E-state index < -0.39 is 0 Å². The van der Waals surface area contributed by atoms with E-state index in [0.717, 1.165) is 11.4 Å². The zero-order valence-electron chi connectivity index (χ0n) is 7.88. The molecule has 0 spiro atoms. The summed E-state index contributed by atoms with van der Waals surface area (Å²) < 4.78 is 0. The lowest BCUT2D eigenvalue weighted by Crippen LogP contribution is -2.25. The lowest BCUT2D eigenvalue weighted by Gasteiger charge is -2.06. The molecular weight excluding hydrogens is 184 g/mol. The third-order valence-corrected chi connectivity index (χ3v) is 1.74. The summed E-state index contributed by atoms with van der Waals surface area (Å²) in [4.78, 5) is 8.34. The van der Waals surface area contributed by atoms with Crippen LogP contribution in [0.4, 0.5) is 5.95 Å². The van der Waals surface area contributed by atoms with Gasteiger partial charge in [0.05, 0.1) is 0 Å². The summed E-state index contributed by atoms with van der Waals surface area (Å²) in [6.07, 6.45) is 0. The molecule has 2 N–H and O–H groups in total. The van der Waals surface area contributed by atoms with Crippen molar-refractivity contribution >= 4 is 23.3 Å². The monoisotopic (exact) mass is 196 g/mol. The van der Waals surface area contributed by atoms with E-state index >= 15 is 0 Å². The standard InChI is InChI=1S/C8H12N4S/c1-5-4-6(2)11-7(10-5)12-8(13)9-3/h4H,1-3H3,(H2,9,10,11,12,13). The molecule has 5 heteroatoms. The van der Waals surface area contributed by atoms with Gasteiger partial charge >= 0.3 is 0 Å². The van der Waals surface area contributed by atoms with Crippen LogP contribution in [0.25, 0.3) is 0 Å². The molecule has 0 aromatic carbocycles. The first kappa shape index (κ1) is 9.85. The molecular formula is C8H12N4S. The smallest absolute Gasteiger partial charge is 0.229 e. The normalized spacial score (nSPS) is 9.46. The van der Waals surface area contributed by atoms with Crippen molar-refractivity contribution < 1.29 is 0 Å². The van der Waals surface area contributed by atoms with E-state index in [0.29, 0.717) is 11.1 Å². The van der Waals surface area contributed by atoms with Gasteiger partial charge in [0.15, 0.2) is 5.11 Å². The van der Waals surface area contributed by atoms with Gasteiger partial charge in [-0.05, 0) is 32.1 Å². The van der Waals surface area contributed by atoms with Gasteiger partial charge in [-0.2, -0.15) is 0 Å². The number of aryl methyl sites for hydroxylation is 2. The van der Waals surface area contributed by atoms with Gasteiger partial charge in [0.2, 0.25) is 5.95 Å². The molecule has 1 heterocycles. The molecule has 0 unspecified atom stereocenters. The van der Waals surface area contributed by atoms with Crippen LogP contribution in [0.1, 0.15) is 11.4 Å². The van der Waals surface area contributed by atoms with Gasteiger partial charge < -0.3 is 10.6 Å². The predicted octanol–water partition coefficient (Wildman–Crippen LogP) is 1.01. The van der Waals surface area contributed by atoms with Crippen molar-refractivity contribution in [3.8, 4) is 0 Å². The molecule has 0 bridgehead atoms. The van der Waals surface area contributed by atoms with Crippen LogP contribution in [0.3, 0.4) is 0 Å². The number of nitrogens with one attached hydrogen (secondary N) is 2. The quantitative estimate of drug-likeness (QED) is 0.656. The highest BCUT2D eigenvalue weighted by atomic mass is 32.1. The number of hydrogen-bond donors (Lipinski definition) is 2. The van der Waals surface area contributed by atoms with Crippen molar-refractivity contribution in [1.82, 2.24) is 15.3 Å². The number of rotatable bonds is 1. The molecule has 0 aliphatic carbocycles.